The summed E-state index contributed by atoms with van der Waals surface area (Å²) in [6.07, 6.45) is 1.40. The van der Waals surface area contributed by atoms with Crippen LogP contribution in [0.15, 0.2) is 87.2 Å². The summed E-state index contributed by atoms with van der Waals surface area (Å²) in [5.74, 6) is -0.527. The first kappa shape index (κ1) is 14.7. The number of rotatable bonds is 3. The molecule has 0 saturated carbocycles. The number of fused-ring (bicyclic) bond motifs is 1. The molecule has 4 rings (SSSR count). The number of furan rings is 1. The van der Waals surface area contributed by atoms with Crippen molar-refractivity contribution < 1.29 is 17.6 Å². The minimum absolute atomic E-state index is 0.0726. The Balaban J connectivity index is 2.04. The predicted octanol–water partition coefficient (Wildman–Crippen LogP) is 3.71. The summed E-state index contributed by atoms with van der Waals surface area (Å²) in [5, 5.41) is 0. The van der Waals surface area contributed by atoms with Crippen molar-refractivity contribution in [2.75, 3.05) is 0 Å². The lowest BCUT2D eigenvalue weighted by atomic mass is 10.0. The maximum Gasteiger partial charge on any atom is 0.241 e. The molecule has 5 heteroatoms. The number of benzene rings is 2. The van der Waals surface area contributed by atoms with Crippen LogP contribution in [0.5, 0.6) is 0 Å². The van der Waals surface area contributed by atoms with Crippen LogP contribution >= 0.6 is 0 Å². The molecule has 1 aliphatic rings. The molecule has 0 aliphatic heterocycles. The van der Waals surface area contributed by atoms with Crippen molar-refractivity contribution in [1.29, 1.82) is 0 Å². The van der Waals surface area contributed by atoms with E-state index in [-0.39, 0.29) is 15.6 Å². The molecule has 0 saturated heterocycles. The summed E-state index contributed by atoms with van der Waals surface area (Å²) in [6, 6.07) is 18.6. The average molecular weight is 336 g/mol. The van der Waals surface area contributed by atoms with Crippen molar-refractivity contribution in [3.63, 3.8) is 0 Å². The minimum Gasteiger partial charge on any atom is -0.460 e. The maximum atomic E-state index is 13.1. The second-order valence-corrected chi connectivity index (χ2v) is 7.27. The van der Waals surface area contributed by atoms with Crippen LogP contribution in [0, 0.1) is 0 Å². The van der Waals surface area contributed by atoms with Crippen LogP contribution in [0.1, 0.15) is 21.7 Å². The molecule has 0 spiro atoms. The zero-order valence-electron chi connectivity index (χ0n) is 12.5. The Morgan fingerprint density at radius 1 is 0.792 bits per heavy atom. The molecule has 1 aromatic heterocycles. The van der Waals surface area contributed by atoms with Gasteiger partial charge < -0.3 is 4.42 Å². The van der Waals surface area contributed by atoms with E-state index in [1.54, 1.807) is 48.5 Å². The van der Waals surface area contributed by atoms with Crippen LogP contribution in [0.3, 0.4) is 0 Å². The van der Waals surface area contributed by atoms with Crippen LogP contribution in [0.2, 0.25) is 0 Å². The molecule has 0 atom stereocenters. The van der Waals surface area contributed by atoms with Crippen LogP contribution in [0.25, 0.3) is 5.57 Å². The lowest BCUT2D eigenvalue weighted by Gasteiger charge is -2.09. The van der Waals surface area contributed by atoms with Gasteiger partial charge in [0.2, 0.25) is 15.6 Å². The molecule has 0 radical (unpaired) electrons. The van der Waals surface area contributed by atoms with Crippen molar-refractivity contribution in [1.82, 2.24) is 0 Å². The number of carbonyl (C=O) groups excluding carboxylic acids is 1. The number of carbonyl (C=O) groups is 1. The molecular weight excluding hydrogens is 324 g/mol. The quantitative estimate of drug-likeness (QED) is 0.731. The standard InChI is InChI=1S/C19H12O4S/c20-17-18-15(11-12-23-18)16(13-7-3-1-4-8-13)19(17)24(21,22)14-9-5-2-6-10-14/h1-12H. The molecule has 1 aliphatic carbocycles. The van der Waals surface area contributed by atoms with Crippen molar-refractivity contribution in [3.05, 3.63) is 94.8 Å². The fourth-order valence-electron chi connectivity index (χ4n) is 2.89. The Labute approximate surface area is 139 Å². The average Bonchev–Trinajstić information content (AvgIpc) is 3.19. The Morgan fingerprint density at radius 3 is 2.08 bits per heavy atom. The van der Waals surface area contributed by atoms with Crippen molar-refractivity contribution in [2.45, 2.75) is 4.90 Å². The van der Waals surface area contributed by atoms with Crippen molar-refractivity contribution in [3.8, 4) is 0 Å². The smallest absolute Gasteiger partial charge is 0.241 e. The maximum absolute atomic E-state index is 13.1. The third-order valence-corrected chi connectivity index (χ3v) is 5.78. The Morgan fingerprint density at radius 2 is 1.42 bits per heavy atom. The third kappa shape index (κ3) is 2.06. The topological polar surface area (TPSA) is 64.3 Å². The first-order valence-corrected chi connectivity index (χ1v) is 8.81. The number of hydrogen-bond donors (Lipinski definition) is 0. The summed E-state index contributed by atoms with van der Waals surface area (Å²) < 4.78 is 31.4. The van der Waals surface area contributed by atoms with Gasteiger partial charge in [-0.2, -0.15) is 0 Å². The van der Waals surface area contributed by atoms with Crippen molar-refractivity contribution >= 4 is 21.2 Å². The van der Waals surface area contributed by atoms with Gasteiger partial charge >= 0.3 is 0 Å². The van der Waals surface area contributed by atoms with Gasteiger partial charge in [0.1, 0.15) is 4.91 Å². The Bertz CT molecular complexity index is 1060. The molecule has 0 unspecified atom stereocenters. The lowest BCUT2D eigenvalue weighted by Crippen LogP contribution is -2.12. The van der Waals surface area contributed by atoms with E-state index in [0.717, 1.165) is 0 Å². The molecule has 3 aromatic rings. The predicted molar refractivity (Wildman–Crippen MR) is 89.1 cm³/mol. The summed E-state index contributed by atoms with van der Waals surface area (Å²) in [4.78, 5) is 12.6. The normalized spacial score (nSPS) is 14.1. The van der Waals surface area contributed by atoms with E-state index < -0.39 is 15.6 Å². The summed E-state index contributed by atoms with van der Waals surface area (Å²) in [6.45, 7) is 0. The van der Waals surface area contributed by atoms with E-state index in [1.807, 2.05) is 6.07 Å². The monoisotopic (exact) mass is 336 g/mol. The molecular formula is C19H12O4S. The fourth-order valence-corrected chi connectivity index (χ4v) is 4.47. The zero-order valence-corrected chi connectivity index (χ0v) is 13.3. The van der Waals surface area contributed by atoms with Gasteiger partial charge in [-0.05, 0) is 23.8 Å². The largest absolute Gasteiger partial charge is 0.460 e. The summed E-state index contributed by atoms with van der Waals surface area (Å²) in [5.41, 5.74) is 1.58. The molecule has 4 nitrogen and oxygen atoms in total. The Hall–Kier alpha value is -2.92. The highest BCUT2D eigenvalue weighted by Crippen LogP contribution is 2.42. The number of ketones is 1. The molecule has 0 N–H and O–H groups in total. The van der Waals surface area contributed by atoms with E-state index in [4.69, 9.17) is 4.42 Å². The first-order chi connectivity index (χ1) is 11.6. The van der Waals surface area contributed by atoms with Gasteiger partial charge in [0, 0.05) is 11.1 Å². The molecule has 0 amide bonds. The zero-order chi connectivity index (χ0) is 16.7. The first-order valence-electron chi connectivity index (χ1n) is 7.33. The summed E-state index contributed by atoms with van der Waals surface area (Å²) in [7, 11) is -3.95. The number of hydrogen-bond acceptors (Lipinski definition) is 4. The third-order valence-electron chi connectivity index (χ3n) is 3.96. The van der Waals surface area contributed by atoms with Gasteiger partial charge in [0.05, 0.1) is 11.2 Å². The molecule has 2 aromatic carbocycles. The van der Waals surface area contributed by atoms with E-state index >= 15 is 0 Å². The van der Waals surface area contributed by atoms with Gasteiger partial charge in [-0.1, -0.05) is 48.5 Å². The SMILES string of the molecule is O=C1C(S(=O)(=O)c2ccccc2)=C(c2ccccc2)c2ccoc21. The van der Waals surface area contributed by atoms with Crippen LogP contribution in [-0.4, -0.2) is 14.2 Å². The van der Waals surface area contributed by atoms with E-state index in [0.29, 0.717) is 16.7 Å². The highest BCUT2D eigenvalue weighted by atomic mass is 32.2. The highest BCUT2D eigenvalue weighted by Gasteiger charge is 2.41. The number of sulfone groups is 1. The Kier molecular flexibility index (Phi) is 3.25. The molecule has 24 heavy (non-hydrogen) atoms. The summed E-state index contributed by atoms with van der Waals surface area (Å²) >= 11 is 0. The van der Waals surface area contributed by atoms with Crippen LogP contribution in [-0.2, 0) is 9.84 Å². The van der Waals surface area contributed by atoms with Crippen LogP contribution in [0.4, 0.5) is 0 Å². The highest BCUT2D eigenvalue weighted by molar-refractivity contribution is 7.96. The molecule has 0 bridgehead atoms. The van der Waals surface area contributed by atoms with E-state index in [2.05, 4.69) is 0 Å². The van der Waals surface area contributed by atoms with Crippen molar-refractivity contribution in [2.24, 2.45) is 0 Å². The minimum atomic E-state index is -3.95. The van der Waals surface area contributed by atoms with Crippen LogP contribution < -0.4 is 0 Å². The van der Waals surface area contributed by atoms with Gasteiger partial charge in [-0.15, -0.1) is 0 Å². The fraction of sp³-hybridized carbons (Fsp3) is 0. The number of Topliss-reactive ketones (excluding diaryl/α,β-unsaturated/α-hetero) is 1. The number of allylic oxidation sites excluding steroid dienone is 1. The second kappa shape index (κ2) is 5.32. The second-order valence-electron chi connectivity index (χ2n) is 5.38. The molecule has 1 heterocycles. The van der Waals surface area contributed by atoms with Gasteiger partial charge in [0.15, 0.2) is 5.76 Å². The molecule has 118 valence electrons. The van der Waals surface area contributed by atoms with Gasteiger partial charge in [0.25, 0.3) is 0 Å². The van der Waals surface area contributed by atoms with Gasteiger partial charge in [-0.25, -0.2) is 8.42 Å². The van der Waals surface area contributed by atoms with E-state index in [1.165, 1.54) is 18.4 Å². The lowest BCUT2D eigenvalue weighted by molar-refractivity contribution is 0.102. The van der Waals surface area contributed by atoms with E-state index in [9.17, 15) is 13.2 Å². The molecule has 0 fully saturated rings. The van der Waals surface area contributed by atoms with Gasteiger partial charge in [-0.3, -0.25) is 4.79 Å².